The second-order valence-corrected chi connectivity index (χ2v) is 7.03. The average Bonchev–Trinajstić information content (AvgIpc) is 3.22. The molecule has 0 aliphatic heterocycles. The third-order valence-corrected chi connectivity index (χ3v) is 5.27. The Morgan fingerprint density at radius 1 is 1.17 bits per heavy atom. The fourth-order valence-electron chi connectivity index (χ4n) is 2.16. The Bertz CT molecular complexity index is 967. The number of nitrogens with zero attached hydrogens (tertiary/aromatic N) is 3. The number of fused-ring (bicyclic) bond motifs is 1. The van der Waals surface area contributed by atoms with E-state index in [-0.39, 0.29) is 0 Å². The van der Waals surface area contributed by atoms with Crippen molar-refractivity contribution in [2.45, 2.75) is 10.8 Å². The molecule has 23 heavy (non-hydrogen) atoms. The molecule has 3 aromatic heterocycles. The molecular weight excluding hydrogens is 350 g/mol. The van der Waals surface area contributed by atoms with E-state index < -0.39 is 0 Å². The summed E-state index contributed by atoms with van der Waals surface area (Å²) in [5.41, 5.74) is 0.920. The summed E-state index contributed by atoms with van der Waals surface area (Å²) in [6, 6.07) is 9.57. The molecule has 1 aromatic carbocycles. The van der Waals surface area contributed by atoms with Gasteiger partial charge < -0.3 is 4.42 Å². The van der Waals surface area contributed by atoms with Crippen LogP contribution in [0.25, 0.3) is 21.5 Å². The number of hydrogen-bond acceptors (Lipinski definition) is 6. The molecule has 4 rings (SSSR count). The number of hydrogen-bond donors (Lipinski definition) is 0. The molecule has 0 saturated heterocycles. The van der Waals surface area contributed by atoms with Gasteiger partial charge in [0.15, 0.2) is 5.76 Å². The molecule has 0 aliphatic carbocycles. The van der Waals surface area contributed by atoms with Crippen LogP contribution in [0.1, 0.15) is 5.89 Å². The van der Waals surface area contributed by atoms with Crippen molar-refractivity contribution in [3.05, 3.63) is 59.1 Å². The SMILES string of the molecule is Clc1cccc(-c2cnc(CSc3ncnc4sccc34)o2)c1. The molecule has 0 atom stereocenters. The zero-order valence-electron chi connectivity index (χ0n) is 11.8. The molecule has 4 aromatic rings. The number of thioether (sulfide) groups is 1. The molecule has 114 valence electrons. The van der Waals surface area contributed by atoms with Crippen LogP contribution >= 0.6 is 34.7 Å². The summed E-state index contributed by atoms with van der Waals surface area (Å²) in [6.45, 7) is 0. The Morgan fingerprint density at radius 3 is 3.04 bits per heavy atom. The highest BCUT2D eigenvalue weighted by atomic mass is 35.5. The van der Waals surface area contributed by atoms with Gasteiger partial charge in [0.25, 0.3) is 0 Å². The molecule has 0 fully saturated rings. The lowest BCUT2D eigenvalue weighted by molar-refractivity contribution is 0.530. The van der Waals surface area contributed by atoms with E-state index in [9.17, 15) is 0 Å². The van der Waals surface area contributed by atoms with Crippen molar-refractivity contribution in [2.24, 2.45) is 0 Å². The van der Waals surface area contributed by atoms with E-state index in [0.29, 0.717) is 22.4 Å². The predicted molar refractivity (Wildman–Crippen MR) is 93.9 cm³/mol. The summed E-state index contributed by atoms with van der Waals surface area (Å²) < 4.78 is 5.81. The van der Waals surface area contributed by atoms with Gasteiger partial charge in [-0.2, -0.15) is 0 Å². The molecule has 0 unspecified atom stereocenters. The fourth-order valence-corrected chi connectivity index (χ4v) is 3.99. The summed E-state index contributed by atoms with van der Waals surface area (Å²) in [6.07, 6.45) is 3.32. The van der Waals surface area contributed by atoms with Gasteiger partial charge in [-0.3, -0.25) is 0 Å². The van der Waals surface area contributed by atoms with E-state index in [4.69, 9.17) is 16.0 Å². The number of halogens is 1. The molecular formula is C16H10ClN3OS2. The predicted octanol–water partition coefficient (Wildman–Crippen LogP) is 5.29. The van der Waals surface area contributed by atoms with Crippen molar-refractivity contribution in [1.82, 2.24) is 15.0 Å². The highest BCUT2D eigenvalue weighted by molar-refractivity contribution is 7.98. The maximum absolute atomic E-state index is 6.01. The Morgan fingerprint density at radius 2 is 2.13 bits per heavy atom. The molecule has 0 saturated carbocycles. The van der Waals surface area contributed by atoms with Gasteiger partial charge in [0.1, 0.15) is 16.2 Å². The van der Waals surface area contributed by atoms with Crippen LogP contribution in [0.4, 0.5) is 0 Å². The van der Waals surface area contributed by atoms with Crippen molar-refractivity contribution >= 4 is 44.9 Å². The quantitative estimate of drug-likeness (QED) is 0.366. The van der Waals surface area contributed by atoms with Gasteiger partial charge in [-0.15, -0.1) is 11.3 Å². The first-order valence-electron chi connectivity index (χ1n) is 6.81. The van der Waals surface area contributed by atoms with Crippen LogP contribution in [-0.4, -0.2) is 15.0 Å². The zero-order chi connectivity index (χ0) is 15.6. The van der Waals surface area contributed by atoms with Crippen LogP contribution in [0, 0.1) is 0 Å². The fraction of sp³-hybridized carbons (Fsp3) is 0.0625. The van der Waals surface area contributed by atoms with Crippen molar-refractivity contribution in [3.63, 3.8) is 0 Å². The minimum atomic E-state index is 0.614. The van der Waals surface area contributed by atoms with Crippen LogP contribution in [0.3, 0.4) is 0 Å². The Hall–Kier alpha value is -1.89. The minimum Gasteiger partial charge on any atom is -0.440 e. The van der Waals surface area contributed by atoms with Gasteiger partial charge in [0.05, 0.1) is 11.9 Å². The van der Waals surface area contributed by atoms with E-state index in [1.165, 1.54) is 0 Å². The van der Waals surface area contributed by atoms with E-state index in [1.807, 2.05) is 35.7 Å². The Labute approximate surface area is 145 Å². The highest BCUT2D eigenvalue weighted by Gasteiger charge is 2.10. The van der Waals surface area contributed by atoms with Gasteiger partial charge >= 0.3 is 0 Å². The maximum Gasteiger partial charge on any atom is 0.205 e. The van der Waals surface area contributed by atoms with Gasteiger partial charge in [-0.05, 0) is 23.6 Å². The monoisotopic (exact) mass is 359 g/mol. The lowest BCUT2D eigenvalue weighted by Gasteiger charge is -1.99. The summed E-state index contributed by atoms with van der Waals surface area (Å²) in [7, 11) is 0. The molecule has 3 heterocycles. The summed E-state index contributed by atoms with van der Waals surface area (Å²) in [5.74, 6) is 1.99. The second kappa shape index (κ2) is 6.31. The van der Waals surface area contributed by atoms with Gasteiger partial charge in [0.2, 0.25) is 5.89 Å². The van der Waals surface area contributed by atoms with Crippen LogP contribution in [-0.2, 0) is 5.75 Å². The number of benzene rings is 1. The number of thiophene rings is 1. The molecule has 0 aliphatic rings. The van der Waals surface area contributed by atoms with E-state index in [2.05, 4.69) is 15.0 Å². The van der Waals surface area contributed by atoms with Crippen molar-refractivity contribution in [3.8, 4) is 11.3 Å². The topological polar surface area (TPSA) is 51.8 Å². The Balaban J connectivity index is 1.53. The Kier molecular flexibility index (Phi) is 4.03. The zero-order valence-corrected chi connectivity index (χ0v) is 14.2. The van der Waals surface area contributed by atoms with E-state index in [1.54, 1.807) is 35.6 Å². The van der Waals surface area contributed by atoms with Crippen LogP contribution in [0.15, 0.2) is 57.7 Å². The molecule has 0 N–H and O–H groups in total. The molecule has 4 nitrogen and oxygen atoms in total. The number of rotatable bonds is 4. The number of oxazole rings is 1. The average molecular weight is 360 g/mol. The number of aromatic nitrogens is 3. The minimum absolute atomic E-state index is 0.614. The summed E-state index contributed by atoms with van der Waals surface area (Å²) >= 11 is 9.21. The lowest BCUT2D eigenvalue weighted by atomic mass is 10.2. The summed E-state index contributed by atoms with van der Waals surface area (Å²) in [4.78, 5) is 13.9. The first-order chi connectivity index (χ1) is 11.3. The summed E-state index contributed by atoms with van der Waals surface area (Å²) in [5, 5.41) is 4.71. The molecule has 7 heteroatoms. The molecule has 0 amide bonds. The third kappa shape index (κ3) is 3.10. The van der Waals surface area contributed by atoms with Crippen LogP contribution < -0.4 is 0 Å². The van der Waals surface area contributed by atoms with Crippen LogP contribution in [0.5, 0.6) is 0 Å². The normalized spacial score (nSPS) is 11.2. The maximum atomic E-state index is 6.01. The van der Waals surface area contributed by atoms with Crippen LogP contribution in [0.2, 0.25) is 5.02 Å². The molecule has 0 radical (unpaired) electrons. The van der Waals surface area contributed by atoms with Gasteiger partial charge in [-0.1, -0.05) is 35.5 Å². The lowest BCUT2D eigenvalue weighted by Crippen LogP contribution is -1.85. The van der Waals surface area contributed by atoms with Crippen molar-refractivity contribution in [2.75, 3.05) is 0 Å². The van der Waals surface area contributed by atoms with Gasteiger partial charge in [-0.25, -0.2) is 15.0 Å². The standard InChI is InChI=1S/C16H10ClN3OS2/c17-11-3-1-2-10(6-11)13-7-18-14(21-13)8-23-16-12-4-5-22-15(12)19-9-20-16/h1-7,9H,8H2. The van der Waals surface area contributed by atoms with E-state index >= 15 is 0 Å². The first kappa shape index (κ1) is 14.7. The second-order valence-electron chi connectivity index (χ2n) is 4.74. The first-order valence-corrected chi connectivity index (χ1v) is 9.05. The molecule has 0 spiro atoms. The highest BCUT2D eigenvalue weighted by Crippen LogP contribution is 2.31. The smallest absolute Gasteiger partial charge is 0.205 e. The largest absolute Gasteiger partial charge is 0.440 e. The third-order valence-electron chi connectivity index (χ3n) is 3.22. The van der Waals surface area contributed by atoms with Crippen molar-refractivity contribution < 1.29 is 4.42 Å². The molecule has 0 bridgehead atoms. The van der Waals surface area contributed by atoms with E-state index in [0.717, 1.165) is 20.8 Å². The van der Waals surface area contributed by atoms with Crippen molar-refractivity contribution in [1.29, 1.82) is 0 Å². The van der Waals surface area contributed by atoms with Gasteiger partial charge in [0, 0.05) is 16.0 Å².